The lowest BCUT2D eigenvalue weighted by Crippen LogP contribution is -1.99. The predicted molar refractivity (Wildman–Crippen MR) is 43.3 cm³/mol. The lowest BCUT2D eigenvalue weighted by Gasteiger charge is -2.09. The summed E-state index contributed by atoms with van der Waals surface area (Å²) in [6.45, 7) is 3.76. The van der Waals surface area contributed by atoms with Crippen LogP contribution in [0.25, 0.3) is 0 Å². The molecule has 0 radical (unpaired) electrons. The normalized spacial score (nSPS) is 11.2. The fourth-order valence-electron chi connectivity index (χ4n) is 1.10. The van der Waals surface area contributed by atoms with Gasteiger partial charge in [0.1, 0.15) is 5.69 Å². The molecular weight excluding hydrogens is 160 g/mol. The zero-order valence-electron chi connectivity index (χ0n) is 7.09. The van der Waals surface area contributed by atoms with E-state index >= 15 is 0 Å². The molecule has 0 fully saturated rings. The first-order valence-electron chi connectivity index (χ1n) is 3.86. The Hall–Kier alpha value is -0.990. The molecule has 0 atom stereocenters. The van der Waals surface area contributed by atoms with Crippen LogP contribution in [0.2, 0.25) is 0 Å². The Morgan fingerprint density at radius 3 is 2.42 bits per heavy atom. The van der Waals surface area contributed by atoms with Crippen molar-refractivity contribution in [1.29, 1.82) is 0 Å². The first-order chi connectivity index (χ1) is 5.63. The molecule has 0 saturated heterocycles. The summed E-state index contributed by atoms with van der Waals surface area (Å²) in [5.41, 5.74) is 0.542. The van der Waals surface area contributed by atoms with Gasteiger partial charge in [-0.3, -0.25) is 4.98 Å². The molecule has 0 aliphatic carbocycles. The molecule has 1 rings (SSSR count). The third-order valence-electron chi connectivity index (χ3n) is 1.70. The Balaban J connectivity index is 3.09. The van der Waals surface area contributed by atoms with Crippen LogP contribution in [-0.4, -0.2) is 4.98 Å². The van der Waals surface area contributed by atoms with Gasteiger partial charge in [-0.25, -0.2) is 8.78 Å². The molecule has 0 aromatic carbocycles. The minimum absolute atomic E-state index is 0.0903. The van der Waals surface area contributed by atoms with Gasteiger partial charge in [0.25, 0.3) is 6.43 Å². The van der Waals surface area contributed by atoms with Crippen molar-refractivity contribution in [2.24, 2.45) is 0 Å². The average molecular weight is 171 g/mol. The SMILES string of the molecule is CC(C)c1cccnc1C(F)F. The van der Waals surface area contributed by atoms with E-state index in [1.54, 1.807) is 12.1 Å². The van der Waals surface area contributed by atoms with Crippen molar-refractivity contribution < 1.29 is 8.78 Å². The molecule has 0 aliphatic heterocycles. The van der Waals surface area contributed by atoms with Crippen molar-refractivity contribution in [3.63, 3.8) is 0 Å². The summed E-state index contributed by atoms with van der Waals surface area (Å²) in [6, 6.07) is 3.38. The van der Waals surface area contributed by atoms with Crippen LogP contribution in [0.5, 0.6) is 0 Å². The van der Waals surface area contributed by atoms with Gasteiger partial charge in [0, 0.05) is 6.20 Å². The highest BCUT2D eigenvalue weighted by molar-refractivity contribution is 5.23. The van der Waals surface area contributed by atoms with Crippen LogP contribution in [0.15, 0.2) is 18.3 Å². The van der Waals surface area contributed by atoms with Crippen molar-refractivity contribution in [2.45, 2.75) is 26.2 Å². The van der Waals surface area contributed by atoms with E-state index in [1.165, 1.54) is 6.20 Å². The lowest BCUT2D eigenvalue weighted by atomic mass is 10.0. The molecule has 1 nitrogen and oxygen atoms in total. The van der Waals surface area contributed by atoms with E-state index in [4.69, 9.17) is 0 Å². The summed E-state index contributed by atoms with van der Waals surface area (Å²) in [7, 11) is 0. The molecule has 1 heterocycles. The topological polar surface area (TPSA) is 12.9 Å². The third kappa shape index (κ3) is 1.78. The quantitative estimate of drug-likeness (QED) is 0.666. The van der Waals surface area contributed by atoms with Crippen molar-refractivity contribution >= 4 is 0 Å². The number of rotatable bonds is 2. The summed E-state index contributed by atoms with van der Waals surface area (Å²) < 4.78 is 24.7. The molecule has 0 amide bonds. The second-order valence-electron chi connectivity index (χ2n) is 2.93. The van der Waals surface area contributed by atoms with Crippen LogP contribution in [0.4, 0.5) is 8.78 Å². The van der Waals surface area contributed by atoms with E-state index in [0.29, 0.717) is 5.56 Å². The van der Waals surface area contributed by atoms with Crippen molar-refractivity contribution in [3.05, 3.63) is 29.6 Å². The molecule has 0 aliphatic rings. The van der Waals surface area contributed by atoms with Crippen molar-refractivity contribution in [3.8, 4) is 0 Å². The van der Waals surface area contributed by atoms with Crippen LogP contribution < -0.4 is 0 Å². The second-order valence-corrected chi connectivity index (χ2v) is 2.93. The summed E-state index contributed by atoms with van der Waals surface area (Å²) in [5, 5.41) is 0. The average Bonchev–Trinajstić information content (AvgIpc) is 2.04. The Bertz CT molecular complexity index is 231. The van der Waals surface area contributed by atoms with Crippen LogP contribution in [0.3, 0.4) is 0 Å². The van der Waals surface area contributed by atoms with Gasteiger partial charge in [0.2, 0.25) is 0 Å². The van der Waals surface area contributed by atoms with Gasteiger partial charge in [-0.2, -0.15) is 0 Å². The van der Waals surface area contributed by atoms with E-state index in [1.807, 2.05) is 13.8 Å². The van der Waals surface area contributed by atoms with Crippen LogP contribution in [0, 0.1) is 0 Å². The molecule has 0 unspecified atom stereocenters. The number of alkyl halides is 2. The monoisotopic (exact) mass is 171 g/mol. The molecule has 3 heteroatoms. The summed E-state index contributed by atoms with van der Waals surface area (Å²) in [6.07, 6.45) is -1.07. The number of pyridine rings is 1. The van der Waals surface area contributed by atoms with E-state index in [0.717, 1.165) is 0 Å². The van der Waals surface area contributed by atoms with Crippen LogP contribution in [-0.2, 0) is 0 Å². The summed E-state index contributed by atoms with van der Waals surface area (Å²) in [4.78, 5) is 3.65. The van der Waals surface area contributed by atoms with E-state index in [9.17, 15) is 8.78 Å². The maximum atomic E-state index is 12.3. The number of aromatic nitrogens is 1. The van der Waals surface area contributed by atoms with Gasteiger partial charge in [-0.15, -0.1) is 0 Å². The van der Waals surface area contributed by atoms with Gasteiger partial charge in [-0.1, -0.05) is 19.9 Å². The molecule has 12 heavy (non-hydrogen) atoms. The lowest BCUT2D eigenvalue weighted by molar-refractivity contribution is 0.144. The highest BCUT2D eigenvalue weighted by Crippen LogP contribution is 2.25. The smallest absolute Gasteiger partial charge is 0.255 e. The summed E-state index contributed by atoms with van der Waals surface area (Å²) >= 11 is 0. The van der Waals surface area contributed by atoms with Gasteiger partial charge < -0.3 is 0 Å². The molecule has 0 bridgehead atoms. The first kappa shape index (κ1) is 9.10. The first-order valence-corrected chi connectivity index (χ1v) is 3.86. The molecule has 0 saturated carbocycles. The zero-order chi connectivity index (χ0) is 9.14. The highest BCUT2D eigenvalue weighted by Gasteiger charge is 2.15. The fourth-order valence-corrected chi connectivity index (χ4v) is 1.10. The van der Waals surface area contributed by atoms with Crippen LogP contribution >= 0.6 is 0 Å². The second kappa shape index (κ2) is 3.61. The molecule has 66 valence electrons. The summed E-state index contributed by atoms with van der Waals surface area (Å²) in [5.74, 6) is 0.0997. The largest absolute Gasteiger partial charge is 0.280 e. The van der Waals surface area contributed by atoms with Crippen molar-refractivity contribution in [1.82, 2.24) is 4.98 Å². The number of halogens is 2. The number of hydrogen-bond acceptors (Lipinski definition) is 1. The zero-order valence-corrected chi connectivity index (χ0v) is 7.09. The molecule has 1 aromatic heterocycles. The van der Waals surface area contributed by atoms with Crippen molar-refractivity contribution in [2.75, 3.05) is 0 Å². The Morgan fingerprint density at radius 2 is 2.00 bits per heavy atom. The standard InChI is InChI=1S/C9H11F2N/c1-6(2)7-4-3-5-12-8(7)9(10)11/h3-6,9H,1-2H3. The fraction of sp³-hybridized carbons (Fsp3) is 0.444. The maximum absolute atomic E-state index is 12.3. The van der Waals surface area contributed by atoms with E-state index < -0.39 is 6.43 Å². The van der Waals surface area contributed by atoms with Gasteiger partial charge in [0.05, 0.1) is 0 Å². The molecule has 1 aromatic rings. The minimum Gasteiger partial charge on any atom is -0.255 e. The Kier molecular flexibility index (Phi) is 2.74. The maximum Gasteiger partial charge on any atom is 0.280 e. The van der Waals surface area contributed by atoms with Crippen LogP contribution in [0.1, 0.15) is 37.4 Å². The Labute approximate surface area is 70.4 Å². The number of hydrogen-bond donors (Lipinski definition) is 0. The molecule has 0 N–H and O–H groups in total. The molecular formula is C9H11F2N. The van der Waals surface area contributed by atoms with E-state index in [-0.39, 0.29) is 11.6 Å². The van der Waals surface area contributed by atoms with E-state index in [2.05, 4.69) is 4.98 Å². The highest BCUT2D eigenvalue weighted by atomic mass is 19.3. The Morgan fingerprint density at radius 1 is 1.33 bits per heavy atom. The predicted octanol–water partition coefficient (Wildman–Crippen LogP) is 3.14. The van der Waals surface area contributed by atoms with Gasteiger partial charge in [-0.05, 0) is 17.5 Å². The minimum atomic E-state index is -2.47. The number of nitrogens with zero attached hydrogens (tertiary/aromatic N) is 1. The third-order valence-corrected chi connectivity index (χ3v) is 1.70. The molecule has 0 spiro atoms. The van der Waals surface area contributed by atoms with Gasteiger partial charge in [0.15, 0.2) is 0 Å². The van der Waals surface area contributed by atoms with Gasteiger partial charge >= 0.3 is 0 Å².